The van der Waals surface area contributed by atoms with Crippen molar-refractivity contribution in [2.75, 3.05) is 20.2 Å². The van der Waals surface area contributed by atoms with Crippen LogP contribution in [0.1, 0.15) is 64.6 Å². The van der Waals surface area contributed by atoms with E-state index in [1.165, 1.54) is 43.2 Å². The fourth-order valence-electron chi connectivity index (χ4n) is 5.41. The molecule has 1 atom stereocenters. The smallest absolute Gasteiger partial charge is 0.435 e. The van der Waals surface area contributed by atoms with Gasteiger partial charge in [-0.05, 0) is 75.6 Å². The van der Waals surface area contributed by atoms with Crippen LogP contribution in [-0.2, 0) is 25.8 Å². The molecule has 286 valence electrons. The number of nitrogens with one attached hydrogen (secondary N) is 1. The van der Waals surface area contributed by atoms with Crippen molar-refractivity contribution < 1.29 is 50.5 Å². The largest absolute Gasteiger partial charge is 0.569 e. The Morgan fingerprint density at radius 2 is 1.59 bits per heavy atom. The minimum Gasteiger partial charge on any atom is -0.569 e. The topological polar surface area (TPSA) is 179 Å². The third-order valence-corrected chi connectivity index (χ3v) is 9.64. The van der Waals surface area contributed by atoms with Gasteiger partial charge >= 0.3 is 12.3 Å². The van der Waals surface area contributed by atoms with Gasteiger partial charge in [-0.3, -0.25) is 9.59 Å². The molecule has 0 aliphatic carbocycles. The molecule has 0 saturated heterocycles. The number of aromatic nitrogens is 2. The first-order valence-corrected chi connectivity index (χ1v) is 18.1. The predicted octanol–water partition coefficient (Wildman–Crippen LogP) is 6.22. The van der Waals surface area contributed by atoms with Gasteiger partial charge in [-0.2, -0.15) is 18.3 Å². The Morgan fingerprint density at radius 1 is 0.981 bits per heavy atom. The highest BCUT2D eigenvalue weighted by molar-refractivity contribution is 7.90. The van der Waals surface area contributed by atoms with Gasteiger partial charge in [-0.25, -0.2) is 27.5 Å². The van der Waals surface area contributed by atoms with E-state index in [1.54, 1.807) is 41.1 Å². The number of fused-ring (bicyclic) bond motifs is 1. The van der Waals surface area contributed by atoms with Crippen LogP contribution in [0.2, 0.25) is 0 Å². The van der Waals surface area contributed by atoms with Crippen LogP contribution in [0.15, 0.2) is 89.0 Å². The van der Waals surface area contributed by atoms with Gasteiger partial charge in [0.05, 0.1) is 52.6 Å². The molecule has 3 aromatic carbocycles. The molecular weight excluding hydrogens is 735 g/mol. The molecule has 3 amide bonds. The highest BCUT2D eigenvalue weighted by atomic mass is 32.2. The SMILES string of the molecule is Cc1ccc(-c2cc(C(F)(F)F)nn2-c2ccc(S(=O)(=O)NC(=O)OCCCCCCN(C)[N+]([O-])=NOC(C)N3C(=O)c4ccccc4C3=O)cc2)cc1. The number of unbranched alkanes of at least 4 members (excludes halogenated alkanes) is 3. The minimum atomic E-state index is -4.71. The summed E-state index contributed by atoms with van der Waals surface area (Å²) in [6, 6.07) is 18.8. The Hall–Kier alpha value is -5.98. The molecule has 2 heterocycles. The Labute approximate surface area is 308 Å². The van der Waals surface area contributed by atoms with Crippen LogP contribution in [0.5, 0.6) is 0 Å². The lowest BCUT2D eigenvalue weighted by Crippen LogP contribution is -2.39. The van der Waals surface area contributed by atoms with E-state index in [0.717, 1.165) is 33.3 Å². The fraction of sp³-hybridized carbons (Fsp3) is 0.314. The lowest BCUT2D eigenvalue weighted by atomic mass is 10.1. The van der Waals surface area contributed by atoms with Gasteiger partial charge < -0.3 is 14.8 Å². The molecule has 0 radical (unpaired) electrons. The molecule has 0 fully saturated rings. The second-order valence-corrected chi connectivity index (χ2v) is 14.0. The number of aryl methyl sites for hydroxylation is 1. The van der Waals surface area contributed by atoms with Crippen LogP contribution >= 0.6 is 0 Å². The standard InChI is InChI=1S/C35H36F3N7O8S/c1-23-12-14-25(15-13-23)30-22-31(35(36,37)38)39-44(30)26-16-18-27(19-17-26)54(50,51)40-34(48)52-21-9-5-4-8-20-42(3)45(49)41-53-24(2)43-32(46)28-10-6-7-11-29(28)33(43)47/h6-7,10-19,22,24H,4-5,8-9,20-21H2,1-3H3,(H,40,48). The van der Waals surface area contributed by atoms with Crippen molar-refractivity contribution >= 4 is 27.9 Å². The van der Waals surface area contributed by atoms with E-state index in [0.29, 0.717) is 31.2 Å². The number of carbonyl (C=O) groups is 3. The van der Waals surface area contributed by atoms with Crippen molar-refractivity contribution in [3.8, 4) is 16.9 Å². The quantitative estimate of drug-likeness (QED) is 0.0479. The summed E-state index contributed by atoms with van der Waals surface area (Å²) in [6.07, 6.45) is -4.92. The Kier molecular flexibility index (Phi) is 11.9. The molecule has 4 aromatic rings. The molecule has 1 N–H and O–H groups in total. The van der Waals surface area contributed by atoms with Crippen LogP contribution in [-0.4, -0.2) is 77.4 Å². The second kappa shape index (κ2) is 16.4. The number of imide groups is 1. The number of benzene rings is 3. The van der Waals surface area contributed by atoms with Gasteiger partial charge in [0.25, 0.3) is 21.8 Å². The molecule has 19 heteroatoms. The van der Waals surface area contributed by atoms with E-state index in [9.17, 15) is 41.2 Å². The van der Waals surface area contributed by atoms with E-state index in [1.807, 2.05) is 6.92 Å². The van der Waals surface area contributed by atoms with E-state index in [4.69, 9.17) is 9.57 Å². The Balaban J connectivity index is 1.03. The normalized spacial score (nSPS) is 13.8. The number of sulfonamides is 1. The number of hydrogen-bond acceptors (Lipinski definition) is 10. The Bertz CT molecular complexity index is 2110. The van der Waals surface area contributed by atoms with E-state index < -0.39 is 46.0 Å². The fourth-order valence-corrected chi connectivity index (χ4v) is 6.30. The van der Waals surface area contributed by atoms with Crippen molar-refractivity contribution in [3.63, 3.8) is 0 Å². The maximum Gasteiger partial charge on any atom is 0.435 e. The highest BCUT2D eigenvalue weighted by Crippen LogP contribution is 2.33. The monoisotopic (exact) mass is 771 g/mol. The molecule has 1 aromatic heterocycles. The third-order valence-electron chi connectivity index (χ3n) is 8.32. The summed E-state index contributed by atoms with van der Waals surface area (Å²) in [6.45, 7) is 3.43. The molecule has 1 aliphatic rings. The summed E-state index contributed by atoms with van der Waals surface area (Å²) in [5.74, 6) is -1.10. The molecule has 15 nitrogen and oxygen atoms in total. The zero-order valence-corrected chi connectivity index (χ0v) is 30.1. The summed E-state index contributed by atoms with van der Waals surface area (Å²) >= 11 is 0. The number of nitrogens with zero attached hydrogens (tertiary/aromatic N) is 6. The number of ether oxygens (including phenoxy) is 1. The summed E-state index contributed by atoms with van der Waals surface area (Å²) in [4.78, 5) is 43.2. The van der Waals surface area contributed by atoms with Gasteiger partial charge in [0.1, 0.15) is 0 Å². The summed E-state index contributed by atoms with van der Waals surface area (Å²) in [5.41, 5.74) is 1.05. The molecule has 0 spiro atoms. The molecule has 5 rings (SSSR count). The molecule has 0 bridgehead atoms. The summed E-state index contributed by atoms with van der Waals surface area (Å²) in [5, 5.41) is 20.7. The average Bonchev–Trinajstić information content (AvgIpc) is 3.70. The maximum atomic E-state index is 13.5. The first kappa shape index (κ1) is 39.2. The van der Waals surface area contributed by atoms with Crippen molar-refractivity contribution in [2.45, 2.75) is 56.8 Å². The number of hydrogen-bond donors (Lipinski definition) is 1. The number of rotatable bonds is 15. The Morgan fingerprint density at radius 3 is 2.20 bits per heavy atom. The van der Waals surface area contributed by atoms with Crippen LogP contribution in [0.25, 0.3) is 16.9 Å². The molecule has 1 unspecified atom stereocenters. The average molecular weight is 772 g/mol. The molecular formula is C35H36F3N7O8S. The zero-order valence-electron chi connectivity index (χ0n) is 29.3. The van der Waals surface area contributed by atoms with Gasteiger partial charge in [0.2, 0.25) is 11.5 Å². The van der Waals surface area contributed by atoms with Crippen LogP contribution in [0.4, 0.5) is 18.0 Å². The third kappa shape index (κ3) is 9.14. The predicted molar refractivity (Wildman–Crippen MR) is 185 cm³/mol. The van der Waals surface area contributed by atoms with Crippen LogP contribution in [0, 0.1) is 12.1 Å². The molecule has 0 saturated carbocycles. The van der Waals surface area contributed by atoms with Gasteiger partial charge in [-0.1, -0.05) is 48.4 Å². The minimum absolute atomic E-state index is 0.0920. The lowest BCUT2D eigenvalue weighted by molar-refractivity contribution is -0.707. The van der Waals surface area contributed by atoms with Gasteiger partial charge in [0.15, 0.2) is 5.69 Å². The first-order valence-electron chi connectivity index (χ1n) is 16.6. The van der Waals surface area contributed by atoms with E-state index in [2.05, 4.69) is 10.4 Å². The summed E-state index contributed by atoms with van der Waals surface area (Å²) in [7, 11) is -2.90. The lowest BCUT2D eigenvalue weighted by Gasteiger charge is -2.19. The molecule has 54 heavy (non-hydrogen) atoms. The van der Waals surface area contributed by atoms with Crippen molar-refractivity contribution in [1.82, 2.24) is 24.4 Å². The van der Waals surface area contributed by atoms with Crippen molar-refractivity contribution in [3.05, 3.63) is 106 Å². The van der Waals surface area contributed by atoms with Crippen molar-refractivity contribution in [1.29, 1.82) is 0 Å². The van der Waals surface area contributed by atoms with Crippen molar-refractivity contribution in [2.24, 2.45) is 5.28 Å². The van der Waals surface area contributed by atoms with Crippen LogP contribution in [0.3, 0.4) is 0 Å². The maximum absolute atomic E-state index is 13.5. The number of hydrazine groups is 1. The number of halogens is 3. The number of carbonyl (C=O) groups excluding carboxylic acids is 3. The number of amides is 3. The zero-order chi connectivity index (χ0) is 39.2. The number of alkyl halides is 3. The van der Waals surface area contributed by atoms with Gasteiger partial charge in [-0.15, -0.1) is 5.01 Å². The highest BCUT2D eigenvalue weighted by Gasteiger charge is 2.40. The first-order chi connectivity index (χ1) is 25.6. The van der Waals surface area contributed by atoms with Crippen LogP contribution < -0.4 is 4.72 Å². The summed E-state index contributed by atoms with van der Waals surface area (Å²) < 4.78 is 74.0. The van der Waals surface area contributed by atoms with E-state index in [-0.39, 0.29) is 45.5 Å². The van der Waals surface area contributed by atoms with Gasteiger partial charge in [0, 0.05) is 5.56 Å². The van der Waals surface area contributed by atoms with E-state index >= 15 is 0 Å². The second-order valence-electron chi connectivity index (χ2n) is 12.3. The molecule has 1 aliphatic heterocycles.